The van der Waals surface area contributed by atoms with Crippen LogP contribution in [0.25, 0.3) is 10.9 Å². The lowest BCUT2D eigenvalue weighted by Gasteiger charge is -2.28. The van der Waals surface area contributed by atoms with Crippen molar-refractivity contribution in [3.63, 3.8) is 0 Å². The van der Waals surface area contributed by atoms with Crippen molar-refractivity contribution in [2.45, 2.75) is 44.7 Å². The number of carbonyl (C=O) groups is 2. The highest BCUT2D eigenvalue weighted by molar-refractivity contribution is 5.96. The maximum absolute atomic E-state index is 13.2. The number of H-pyrrole nitrogens is 1. The molecular weight excluding hydrogens is 356 g/mol. The number of aromatic nitrogens is 3. The Bertz CT molecular complexity index is 1070. The second-order valence-electron chi connectivity index (χ2n) is 7.72. The second kappa shape index (κ2) is 6.51. The average Bonchev–Trinajstić information content (AvgIpc) is 3.44. The maximum Gasteiger partial charge on any atom is 0.335 e. The summed E-state index contributed by atoms with van der Waals surface area (Å²) in [6, 6.07) is 7.24. The molecular formula is C21H22N4O3. The first-order valence-electron chi connectivity index (χ1n) is 9.81. The number of rotatable bonds is 3. The third-order valence-corrected chi connectivity index (χ3v) is 6.07. The van der Waals surface area contributed by atoms with E-state index in [-0.39, 0.29) is 11.5 Å². The van der Waals surface area contributed by atoms with Crippen molar-refractivity contribution in [3.8, 4) is 0 Å². The fourth-order valence-corrected chi connectivity index (χ4v) is 4.61. The Morgan fingerprint density at radius 3 is 2.79 bits per heavy atom. The number of fused-ring (bicyclic) bond motifs is 3. The minimum atomic E-state index is -0.943. The average molecular weight is 378 g/mol. The summed E-state index contributed by atoms with van der Waals surface area (Å²) in [7, 11) is 0. The fourth-order valence-electron chi connectivity index (χ4n) is 4.61. The van der Waals surface area contributed by atoms with Crippen LogP contribution in [0.1, 0.15) is 63.8 Å². The molecule has 1 aliphatic carbocycles. The van der Waals surface area contributed by atoms with E-state index >= 15 is 0 Å². The molecule has 3 heterocycles. The van der Waals surface area contributed by atoms with Gasteiger partial charge in [0.2, 0.25) is 0 Å². The quantitative estimate of drug-likeness (QED) is 0.731. The van der Waals surface area contributed by atoms with Crippen molar-refractivity contribution in [3.05, 3.63) is 53.0 Å². The number of aromatic amines is 1. The molecule has 0 bridgehead atoms. The number of aromatic carboxylic acids is 1. The first-order chi connectivity index (χ1) is 13.6. The first-order valence-corrected chi connectivity index (χ1v) is 9.81. The lowest BCUT2D eigenvalue weighted by atomic mass is 10.0. The monoisotopic (exact) mass is 378 g/mol. The topological polar surface area (TPSA) is 91.2 Å². The van der Waals surface area contributed by atoms with Crippen molar-refractivity contribution in [1.82, 2.24) is 19.7 Å². The van der Waals surface area contributed by atoms with E-state index in [1.807, 2.05) is 15.6 Å². The molecule has 1 fully saturated rings. The van der Waals surface area contributed by atoms with Crippen LogP contribution in [0.2, 0.25) is 0 Å². The highest BCUT2D eigenvalue weighted by Crippen LogP contribution is 2.32. The van der Waals surface area contributed by atoms with Gasteiger partial charge in [0.15, 0.2) is 0 Å². The molecule has 0 radical (unpaired) electrons. The third kappa shape index (κ3) is 2.69. The fraction of sp³-hybridized carbons (Fsp3) is 0.381. The van der Waals surface area contributed by atoms with Crippen molar-refractivity contribution in [2.24, 2.45) is 0 Å². The summed E-state index contributed by atoms with van der Waals surface area (Å²) in [5, 5.41) is 14.6. The summed E-state index contributed by atoms with van der Waals surface area (Å²) in [4.78, 5) is 29.8. The molecule has 1 aromatic carbocycles. The molecule has 2 aliphatic rings. The SMILES string of the molecule is O=C(O)c1ccc2[nH]c3c(c2c1)CN(C(=O)c1ccnn1C1CCCC1)CC3. The summed E-state index contributed by atoms with van der Waals surface area (Å²) >= 11 is 0. The molecule has 1 saturated carbocycles. The van der Waals surface area contributed by atoms with E-state index in [4.69, 9.17) is 0 Å². The Balaban J connectivity index is 1.46. The van der Waals surface area contributed by atoms with Gasteiger partial charge < -0.3 is 15.0 Å². The first kappa shape index (κ1) is 17.0. The molecule has 3 aromatic rings. The van der Waals surface area contributed by atoms with Crippen molar-refractivity contribution in [1.29, 1.82) is 0 Å². The van der Waals surface area contributed by atoms with Crippen LogP contribution in [-0.2, 0) is 13.0 Å². The number of carboxylic acid groups (broad SMARTS) is 1. The zero-order valence-corrected chi connectivity index (χ0v) is 15.5. The van der Waals surface area contributed by atoms with Gasteiger partial charge in [0.1, 0.15) is 5.69 Å². The smallest absolute Gasteiger partial charge is 0.335 e. The van der Waals surface area contributed by atoms with Crippen LogP contribution >= 0.6 is 0 Å². The van der Waals surface area contributed by atoms with Crippen LogP contribution in [0.3, 0.4) is 0 Å². The molecule has 7 nitrogen and oxygen atoms in total. The zero-order valence-electron chi connectivity index (χ0n) is 15.5. The molecule has 0 spiro atoms. The summed E-state index contributed by atoms with van der Waals surface area (Å²) in [5.41, 5.74) is 3.94. The van der Waals surface area contributed by atoms with E-state index in [9.17, 15) is 14.7 Å². The largest absolute Gasteiger partial charge is 0.478 e. The maximum atomic E-state index is 13.2. The van der Waals surface area contributed by atoms with E-state index in [1.54, 1.807) is 24.4 Å². The van der Waals surface area contributed by atoms with Crippen molar-refractivity contribution in [2.75, 3.05) is 6.54 Å². The van der Waals surface area contributed by atoms with Gasteiger partial charge in [0.25, 0.3) is 5.91 Å². The number of nitrogens with zero attached hydrogens (tertiary/aromatic N) is 3. The minimum absolute atomic E-state index is 0.00112. The van der Waals surface area contributed by atoms with Gasteiger partial charge in [0.05, 0.1) is 11.6 Å². The van der Waals surface area contributed by atoms with Crippen LogP contribution in [0.5, 0.6) is 0 Å². The molecule has 0 atom stereocenters. The molecule has 1 amide bonds. The van der Waals surface area contributed by atoms with Crippen LogP contribution in [0.15, 0.2) is 30.5 Å². The van der Waals surface area contributed by atoms with Gasteiger partial charge in [-0.15, -0.1) is 0 Å². The highest BCUT2D eigenvalue weighted by Gasteiger charge is 2.29. The molecule has 0 saturated heterocycles. The number of amides is 1. The molecule has 7 heteroatoms. The highest BCUT2D eigenvalue weighted by atomic mass is 16.4. The number of benzene rings is 1. The second-order valence-corrected chi connectivity index (χ2v) is 7.72. The summed E-state index contributed by atoms with van der Waals surface area (Å²) < 4.78 is 1.91. The van der Waals surface area contributed by atoms with Gasteiger partial charge in [0, 0.05) is 47.9 Å². The normalized spacial score (nSPS) is 17.2. The number of carbonyl (C=O) groups excluding carboxylic acids is 1. The Kier molecular flexibility index (Phi) is 3.96. The molecule has 144 valence electrons. The van der Waals surface area contributed by atoms with Crippen molar-refractivity contribution >= 4 is 22.8 Å². The Morgan fingerprint density at radius 1 is 1.18 bits per heavy atom. The van der Waals surface area contributed by atoms with Crippen LogP contribution < -0.4 is 0 Å². The predicted molar refractivity (Wildman–Crippen MR) is 103 cm³/mol. The van der Waals surface area contributed by atoms with E-state index in [1.165, 1.54) is 12.8 Å². The lowest BCUT2D eigenvalue weighted by molar-refractivity contribution is 0.0693. The van der Waals surface area contributed by atoms with E-state index in [0.29, 0.717) is 24.8 Å². The third-order valence-electron chi connectivity index (χ3n) is 6.07. The van der Waals surface area contributed by atoms with E-state index in [0.717, 1.165) is 41.4 Å². The number of nitrogens with one attached hydrogen (secondary N) is 1. The molecule has 5 rings (SSSR count). The van der Waals surface area contributed by atoms with Gasteiger partial charge in [-0.2, -0.15) is 5.10 Å². The molecule has 2 N–H and O–H groups in total. The summed E-state index contributed by atoms with van der Waals surface area (Å²) in [6.07, 6.45) is 6.97. The Morgan fingerprint density at radius 2 is 2.00 bits per heavy atom. The summed E-state index contributed by atoms with van der Waals surface area (Å²) in [6.45, 7) is 1.12. The number of carboxylic acids is 1. The van der Waals surface area contributed by atoms with Gasteiger partial charge >= 0.3 is 5.97 Å². The van der Waals surface area contributed by atoms with Crippen LogP contribution in [-0.4, -0.2) is 43.2 Å². The van der Waals surface area contributed by atoms with Gasteiger partial charge in [-0.25, -0.2) is 4.79 Å². The molecule has 2 aromatic heterocycles. The van der Waals surface area contributed by atoms with Crippen molar-refractivity contribution < 1.29 is 14.7 Å². The van der Waals surface area contributed by atoms with E-state index < -0.39 is 5.97 Å². The zero-order chi connectivity index (χ0) is 19.3. The standard InChI is InChI=1S/C21H22N4O3/c26-20(19-7-9-22-25(19)14-3-1-2-4-14)24-10-8-18-16(12-24)15-11-13(21(27)28)5-6-17(15)23-18/h5-7,9,11,14,23H,1-4,8,10,12H2,(H,27,28). The summed E-state index contributed by atoms with van der Waals surface area (Å²) in [5.74, 6) is -0.945. The number of hydrogen-bond donors (Lipinski definition) is 2. The minimum Gasteiger partial charge on any atom is -0.478 e. The molecule has 28 heavy (non-hydrogen) atoms. The van der Waals surface area contributed by atoms with E-state index in [2.05, 4.69) is 10.1 Å². The predicted octanol–water partition coefficient (Wildman–Crippen LogP) is 3.38. The number of hydrogen-bond acceptors (Lipinski definition) is 3. The van der Waals surface area contributed by atoms with Crippen LogP contribution in [0, 0.1) is 0 Å². The lowest BCUT2D eigenvalue weighted by Crippen LogP contribution is -2.37. The Hall–Kier alpha value is -3.09. The van der Waals surface area contributed by atoms with Gasteiger partial charge in [-0.05, 0) is 37.1 Å². The van der Waals surface area contributed by atoms with Gasteiger partial charge in [-0.1, -0.05) is 12.8 Å². The molecule has 0 unspecified atom stereocenters. The Labute approximate surface area is 162 Å². The molecule has 1 aliphatic heterocycles. The van der Waals surface area contributed by atoms with Crippen LogP contribution in [0.4, 0.5) is 0 Å². The van der Waals surface area contributed by atoms with Gasteiger partial charge in [-0.3, -0.25) is 9.48 Å².